The van der Waals surface area contributed by atoms with Gasteiger partial charge in [0.05, 0.1) is 11.7 Å². The number of nitrogens with zero attached hydrogens (tertiary/aromatic N) is 1. The van der Waals surface area contributed by atoms with Crippen LogP contribution in [-0.2, 0) is 4.79 Å². The van der Waals surface area contributed by atoms with E-state index in [0.717, 1.165) is 10.0 Å². The molecule has 0 aliphatic carbocycles. The second-order valence-corrected chi connectivity index (χ2v) is 7.16. The van der Waals surface area contributed by atoms with Gasteiger partial charge in [0, 0.05) is 27.5 Å². The molecule has 2 N–H and O–H groups in total. The molecule has 2 atom stereocenters. The summed E-state index contributed by atoms with van der Waals surface area (Å²) >= 11 is 9.62. The standard InChI is InChI=1S/C17H14BrClN2O2/c18-9-1-3-11-15(7-9)23-14-5-2-10(19)8-13(14)21-16(22)6-4-12(20)17(11)21/h1-3,5,7-8,12,17H,4,6,20H2. The molecule has 1 amide bonds. The molecular weight excluding hydrogens is 380 g/mol. The molecule has 4 nitrogen and oxygen atoms in total. The van der Waals surface area contributed by atoms with Gasteiger partial charge in [0.25, 0.3) is 0 Å². The molecule has 6 heteroatoms. The van der Waals surface area contributed by atoms with Crippen molar-refractivity contribution < 1.29 is 9.53 Å². The lowest BCUT2D eigenvalue weighted by Gasteiger charge is -2.38. The Hall–Kier alpha value is -1.56. The van der Waals surface area contributed by atoms with Crippen LogP contribution in [0.3, 0.4) is 0 Å². The van der Waals surface area contributed by atoms with Crippen molar-refractivity contribution in [3.05, 3.63) is 51.5 Å². The van der Waals surface area contributed by atoms with Gasteiger partial charge in [-0.05, 0) is 36.8 Å². The average Bonchev–Trinajstić information content (AvgIpc) is 2.65. The Kier molecular flexibility index (Phi) is 3.59. The Morgan fingerprint density at radius 2 is 2.04 bits per heavy atom. The second-order valence-electron chi connectivity index (χ2n) is 5.81. The summed E-state index contributed by atoms with van der Waals surface area (Å²) in [7, 11) is 0. The highest BCUT2D eigenvalue weighted by Gasteiger charge is 2.40. The number of nitrogens with two attached hydrogens (primary N) is 1. The van der Waals surface area contributed by atoms with Crippen LogP contribution in [0.2, 0.25) is 5.02 Å². The molecule has 1 fully saturated rings. The molecule has 2 heterocycles. The van der Waals surface area contributed by atoms with E-state index in [2.05, 4.69) is 15.9 Å². The molecule has 4 rings (SSSR count). The zero-order chi connectivity index (χ0) is 16.1. The highest BCUT2D eigenvalue weighted by molar-refractivity contribution is 9.10. The fourth-order valence-corrected chi connectivity index (χ4v) is 3.80. The summed E-state index contributed by atoms with van der Waals surface area (Å²) in [6, 6.07) is 10.7. The highest BCUT2D eigenvalue weighted by atomic mass is 79.9. The third-order valence-electron chi connectivity index (χ3n) is 4.34. The van der Waals surface area contributed by atoms with E-state index in [0.29, 0.717) is 35.1 Å². The smallest absolute Gasteiger partial charge is 0.227 e. The van der Waals surface area contributed by atoms with Crippen LogP contribution in [0, 0.1) is 0 Å². The largest absolute Gasteiger partial charge is 0.455 e. The maximum atomic E-state index is 12.6. The quantitative estimate of drug-likeness (QED) is 0.721. The Morgan fingerprint density at radius 1 is 1.22 bits per heavy atom. The van der Waals surface area contributed by atoms with Crippen LogP contribution in [0.5, 0.6) is 11.5 Å². The molecule has 2 aliphatic heterocycles. The lowest BCUT2D eigenvalue weighted by atomic mass is 9.90. The summed E-state index contributed by atoms with van der Waals surface area (Å²) in [5.74, 6) is 1.36. The van der Waals surface area contributed by atoms with Crippen molar-refractivity contribution in [3.63, 3.8) is 0 Å². The van der Waals surface area contributed by atoms with E-state index >= 15 is 0 Å². The van der Waals surface area contributed by atoms with Crippen molar-refractivity contribution >= 4 is 39.1 Å². The zero-order valence-electron chi connectivity index (χ0n) is 12.1. The molecule has 0 aromatic heterocycles. The van der Waals surface area contributed by atoms with E-state index in [-0.39, 0.29) is 18.0 Å². The lowest BCUT2D eigenvalue weighted by molar-refractivity contribution is -0.120. The Morgan fingerprint density at radius 3 is 2.87 bits per heavy atom. The van der Waals surface area contributed by atoms with Crippen LogP contribution >= 0.6 is 27.5 Å². The molecule has 0 radical (unpaired) electrons. The molecule has 23 heavy (non-hydrogen) atoms. The van der Waals surface area contributed by atoms with Gasteiger partial charge in [-0.1, -0.05) is 33.6 Å². The van der Waals surface area contributed by atoms with Gasteiger partial charge in [0.15, 0.2) is 5.75 Å². The number of anilines is 1. The van der Waals surface area contributed by atoms with Gasteiger partial charge in [-0.3, -0.25) is 9.69 Å². The minimum absolute atomic E-state index is 0.0413. The lowest BCUT2D eigenvalue weighted by Crippen LogP contribution is -2.48. The van der Waals surface area contributed by atoms with Crippen molar-refractivity contribution in [2.24, 2.45) is 5.73 Å². The molecule has 0 bridgehead atoms. The SMILES string of the molecule is NC1CCC(=O)N2c3cc(Cl)ccc3Oc3cc(Br)ccc3C12. The minimum Gasteiger partial charge on any atom is -0.455 e. The molecule has 2 aliphatic rings. The molecule has 0 saturated carbocycles. The zero-order valence-corrected chi connectivity index (χ0v) is 14.5. The number of hydrogen-bond donors (Lipinski definition) is 1. The van der Waals surface area contributed by atoms with Crippen LogP contribution in [0.4, 0.5) is 5.69 Å². The number of rotatable bonds is 0. The van der Waals surface area contributed by atoms with Gasteiger partial charge in [0.1, 0.15) is 5.75 Å². The number of carbonyl (C=O) groups excluding carboxylic acids is 1. The van der Waals surface area contributed by atoms with Gasteiger partial charge in [-0.2, -0.15) is 0 Å². The number of hydrogen-bond acceptors (Lipinski definition) is 3. The fourth-order valence-electron chi connectivity index (χ4n) is 3.29. The molecule has 118 valence electrons. The maximum absolute atomic E-state index is 12.6. The Balaban J connectivity index is 1.99. The predicted octanol–water partition coefficient (Wildman–Crippen LogP) is 4.40. The minimum atomic E-state index is -0.251. The van der Waals surface area contributed by atoms with Crippen LogP contribution in [0.1, 0.15) is 24.4 Å². The number of piperidine rings is 1. The van der Waals surface area contributed by atoms with Gasteiger partial charge < -0.3 is 10.5 Å². The summed E-state index contributed by atoms with van der Waals surface area (Å²) in [6.07, 6.45) is 1.08. The Bertz CT molecular complexity index is 811. The van der Waals surface area contributed by atoms with Crippen molar-refractivity contribution in [1.82, 2.24) is 0 Å². The van der Waals surface area contributed by atoms with Crippen LogP contribution in [-0.4, -0.2) is 11.9 Å². The molecule has 2 aromatic carbocycles. The van der Waals surface area contributed by atoms with Gasteiger partial charge in [0.2, 0.25) is 5.91 Å². The van der Waals surface area contributed by atoms with E-state index < -0.39 is 0 Å². The van der Waals surface area contributed by atoms with Gasteiger partial charge in [-0.25, -0.2) is 0 Å². The molecule has 2 unspecified atom stereocenters. The summed E-state index contributed by atoms with van der Waals surface area (Å²) < 4.78 is 7.00. The van der Waals surface area contributed by atoms with Crippen molar-refractivity contribution in [1.29, 1.82) is 0 Å². The predicted molar refractivity (Wildman–Crippen MR) is 93.1 cm³/mol. The summed E-state index contributed by atoms with van der Waals surface area (Å²) in [4.78, 5) is 14.4. The summed E-state index contributed by atoms with van der Waals surface area (Å²) in [5, 5.41) is 0.560. The summed E-state index contributed by atoms with van der Waals surface area (Å²) in [5.41, 5.74) is 7.97. The first-order valence-electron chi connectivity index (χ1n) is 7.39. The van der Waals surface area contributed by atoms with E-state index in [4.69, 9.17) is 22.1 Å². The average molecular weight is 394 g/mol. The number of benzene rings is 2. The third kappa shape index (κ3) is 2.43. The van der Waals surface area contributed by atoms with E-state index in [1.54, 1.807) is 23.1 Å². The molecule has 1 saturated heterocycles. The normalized spacial score (nSPS) is 22.6. The highest BCUT2D eigenvalue weighted by Crippen LogP contribution is 2.48. The maximum Gasteiger partial charge on any atom is 0.227 e. The second kappa shape index (κ2) is 5.51. The first-order valence-corrected chi connectivity index (χ1v) is 8.56. The summed E-state index contributed by atoms with van der Waals surface area (Å²) in [6.45, 7) is 0. The first kappa shape index (κ1) is 15.0. The number of amides is 1. The van der Waals surface area contributed by atoms with E-state index in [1.807, 2.05) is 18.2 Å². The van der Waals surface area contributed by atoms with Crippen LogP contribution < -0.4 is 15.4 Å². The topological polar surface area (TPSA) is 55.6 Å². The fraction of sp³-hybridized carbons (Fsp3) is 0.235. The number of ether oxygens (including phenoxy) is 1. The van der Waals surface area contributed by atoms with Crippen molar-refractivity contribution in [2.75, 3.05) is 4.90 Å². The number of halogens is 2. The van der Waals surface area contributed by atoms with Crippen molar-refractivity contribution in [3.8, 4) is 11.5 Å². The molecule has 2 aromatic rings. The van der Waals surface area contributed by atoms with Gasteiger partial charge >= 0.3 is 0 Å². The van der Waals surface area contributed by atoms with Crippen LogP contribution in [0.25, 0.3) is 0 Å². The number of fused-ring (bicyclic) bond motifs is 5. The monoisotopic (exact) mass is 392 g/mol. The Labute approximate surface area is 147 Å². The molecule has 0 spiro atoms. The van der Waals surface area contributed by atoms with E-state index in [9.17, 15) is 4.79 Å². The van der Waals surface area contributed by atoms with Crippen LogP contribution in [0.15, 0.2) is 40.9 Å². The third-order valence-corrected chi connectivity index (χ3v) is 5.07. The van der Waals surface area contributed by atoms with Gasteiger partial charge in [-0.15, -0.1) is 0 Å². The first-order chi connectivity index (χ1) is 11.0. The molecular formula is C17H14BrClN2O2. The van der Waals surface area contributed by atoms with Crippen molar-refractivity contribution in [2.45, 2.75) is 24.9 Å². The number of carbonyl (C=O) groups is 1. The van der Waals surface area contributed by atoms with E-state index in [1.165, 1.54) is 0 Å².